The van der Waals surface area contributed by atoms with Crippen molar-refractivity contribution in [3.05, 3.63) is 39.9 Å². The molecule has 0 fully saturated rings. The van der Waals surface area contributed by atoms with E-state index in [0.29, 0.717) is 0 Å². The number of rotatable bonds is 3. The summed E-state index contributed by atoms with van der Waals surface area (Å²) in [5.74, 6) is -2.00. The maximum Gasteiger partial charge on any atom is 0.337 e. The van der Waals surface area contributed by atoms with Gasteiger partial charge < -0.3 is 10.4 Å². The number of benzene rings is 1. The summed E-state index contributed by atoms with van der Waals surface area (Å²) >= 11 is 11.6. The van der Waals surface area contributed by atoms with Crippen LogP contribution in [0.3, 0.4) is 0 Å². The lowest BCUT2D eigenvalue weighted by molar-refractivity contribution is 0.0698. The number of aromatic amines is 1. The number of halogens is 2. The van der Waals surface area contributed by atoms with E-state index in [0.717, 1.165) is 6.33 Å². The van der Waals surface area contributed by atoms with Crippen LogP contribution in [0.2, 0.25) is 10.0 Å². The third-order valence-electron chi connectivity index (χ3n) is 2.15. The molecule has 0 spiro atoms. The standard InChI is InChI=1S/C10H6Cl2N4O3/c11-4-1-5(10(18)19)7(6(12)2-4)15-9(17)8-13-3-14-16-8/h1-3H,(H,15,17)(H,18,19)(H,13,14,16). The van der Waals surface area contributed by atoms with E-state index >= 15 is 0 Å². The van der Waals surface area contributed by atoms with Crippen molar-refractivity contribution in [3.8, 4) is 0 Å². The molecule has 98 valence electrons. The SMILES string of the molecule is O=C(Nc1c(Cl)cc(Cl)cc1C(=O)O)c1ncn[nH]1. The van der Waals surface area contributed by atoms with E-state index in [2.05, 4.69) is 20.5 Å². The first kappa shape index (κ1) is 13.3. The smallest absolute Gasteiger partial charge is 0.337 e. The highest BCUT2D eigenvalue weighted by molar-refractivity contribution is 6.38. The molecule has 0 aliphatic carbocycles. The van der Waals surface area contributed by atoms with Crippen LogP contribution in [0.5, 0.6) is 0 Å². The van der Waals surface area contributed by atoms with Gasteiger partial charge in [-0.05, 0) is 12.1 Å². The summed E-state index contributed by atoms with van der Waals surface area (Å²) in [4.78, 5) is 26.5. The lowest BCUT2D eigenvalue weighted by Gasteiger charge is -2.09. The van der Waals surface area contributed by atoms with Crippen molar-refractivity contribution < 1.29 is 14.7 Å². The number of hydrogen-bond donors (Lipinski definition) is 3. The molecule has 9 heteroatoms. The molecule has 2 rings (SSSR count). The fraction of sp³-hybridized carbons (Fsp3) is 0. The highest BCUT2D eigenvalue weighted by Gasteiger charge is 2.19. The quantitative estimate of drug-likeness (QED) is 0.804. The van der Waals surface area contributed by atoms with Crippen LogP contribution in [-0.4, -0.2) is 32.2 Å². The molecular weight excluding hydrogens is 295 g/mol. The van der Waals surface area contributed by atoms with Crippen LogP contribution in [0, 0.1) is 0 Å². The molecule has 0 aliphatic rings. The summed E-state index contributed by atoms with van der Waals surface area (Å²) in [6.45, 7) is 0. The van der Waals surface area contributed by atoms with Crippen LogP contribution in [0.1, 0.15) is 21.0 Å². The number of aromatic nitrogens is 3. The number of carbonyl (C=O) groups excluding carboxylic acids is 1. The summed E-state index contributed by atoms with van der Waals surface area (Å²) in [7, 11) is 0. The average Bonchev–Trinajstić information content (AvgIpc) is 2.85. The second kappa shape index (κ2) is 5.25. The van der Waals surface area contributed by atoms with Gasteiger partial charge in [0.05, 0.1) is 16.3 Å². The largest absolute Gasteiger partial charge is 0.478 e. The minimum atomic E-state index is -1.27. The van der Waals surface area contributed by atoms with E-state index in [1.807, 2.05) is 0 Å². The molecule has 0 bridgehead atoms. The highest BCUT2D eigenvalue weighted by Crippen LogP contribution is 2.30. The lowest BCUT2D eigenvalue weighted by Crippen LogP contribution is -2.16. The van der Waals surface area contributed by atoms with Crippen LogP contribution < -0.4 is 5.32 Å². The molecule has 1 amide bonds. The average molecular weight is 301 g/mol. The van der Waals surface area contributed by atoms with E-state index in [-0.39, 0.29) is 27.1 Å². The van der Waals surface area contributed by atoms with Gasteiger partial charge in [0.2, 0.25) is 5.82 Å². The van der Waals surface area contributed by atoms with E-state index < -0.39 is 11.9 Å². The number of H-pyrrole nitrogens is 1. The van der Waals surface area contributed by atoms with E-state index in [1.54, 1.807) is 0 Å². The number of nitrogens with zero attached hydrogens (tertiary/aromatic N) is 2. The zero-order chi connectivity index (χ0) is 14.0. The van der Waals surface area contributed by atoms with Gasteiger partial charge in [0.15, 0.2) is 0 Å². The Labute approximate surface area is 116 Å². The first-order valence-corrected chi connectivity index (χ1v) is 5.63. The van der Waals surface area contributed by atoms with Crippen molar-refractivity contribution in [1.29, 1.82) is 0 Å². The van der Waals surface area contributed by atoms with Gasteiger partial charge in [-0.2, -0.15) is 5.10 Å². The molecule has 1 aromatic carbocycles. The van der Waals surface area contributed by atoms with Crippen LogP contribution in [0.15, 0.2) is 18.5 Å². The summed E-state index contributed by atoms with van der Waals surface area (Å²) in [6, 6.07) is 2.51. The van der Waals surface area contributed by atoms with Gasteiger partial charge in [0.25, 0.3) is 5.91 Å². The minimum Gasteiger partial charge on any atom is -0.478 e. The van der Waals surface area contributed by atoms with Gasteiger partial charge in [-0.1, -0.05) is 23.2 Å². The van der Waals surface area contributed by atoms with Gasteiger partial charge in [-0.25, -0.2) is 9.78 Å². The van der Waals surface area contributed by atoms with Crippen molar-refractivity contribution in [1.82, 2.24) is 15.2 Å². The number of aromatic carboxylic acids is 1. The maximum absolute atomic E-state index is 11.8. The molecule has 0 saturated heterocycles. The number of carbonyl (C=O) groups is 2. The molecule has 3 N–H and O–H groups in total. The number of hydrogen-bond acceptors (Lipinski definition) is 4. The van der Waals surface area contributed by atoms with Gasteiger partial charge in [0.1, 0.15) is 6.33 Å². The molecule has 19 heavy (non-hydrogen) atoms. The molecule has 7 nitrogen and oxygen atoms in total. The van der Waals surface area contributed by atoms with Crippen LogP contribution in [-0.2, 0) is 0 Å². The molecule has 0 unspecified atom stereocenters. The third kappa shape index (κ3) is 2.83. The van der Waals surface area contributed by atoms with Crippen molar-refractivity contribution in [3.63, 3.8) is 0 Å². The highest BCUT2D eigenvalue weighted by atomic mass is 35.5. The molecule has 0 atom stereocenters. The summed E-state index contributed by atoms with van der Waals surface area (Å²) in [5, 5.41) is 17.4. The van der Waals surface area contributed by atoms with E-state index in [4.69, 9.17) is 28.3 Å². The molecule has 0 saturated carbocycles. The molecule has 0 aliphatic heterocycles. The molecular formula is C10H6Cl2N4O3. The van der Waals surface area contributed by atoms with E-state index in [9.17, 15) is 9.59 Å². The molecule has 1 heterocycles. The Morgan fingerprint density at radius 2 is 2.05 bits per heavy atom. The Morgan fingerprint density at radius 3 is 2.63 bits per heavy atom. The zero-order valence-corrected chi connectivity index (χ0v) is 10.7. The predicted molar refractivity (Wildman–Crippen MR) is 67.8 cm³/mol. The molecule has 0 radical (unpaired) electrons. The van der Waals surface area contributed by atoms with Crippen molar-refractivity contribution in [2.75, 3.05) is 5.32 Å². The number of carboxylic acids is 1. The lowest BCUT2D eigenvalue weighted by atomic mass is 10.1. The van der Waals surface area contributed by atoms with Gasteiger partial charge >= 0.3 is 5.97 Å². The zero-order valence-electron chi connectivity index (χ0n) is 9.15. The van der Waals surface area contributed by atoms with Crippen LogP contribution in [0.25, 0.3) is 0 Å². The summed E-state index contributed by atoms with van der Waals surface area (Å²) < 4.78 is 0. The Balaban J connectivity index is 2.39. The Kier molecular flexibility index (Phi) is 3.68. The number of nitrogens with one attached hydrogen (secondary N) is 2. The Hall–Kier alpha value is -2.12. The summed E-state index contributed by atoms with van der Waals surface area (Å²) in [6.07, 6.45) is 1.15. The second-order valence-corrected chi connectivity index (χ2v) is 4.25. The van der Waals surface area contributed by atoms with Gasteiger partial charge in [-0.3, -0.25) is 9.89 Å². The van der Waals surface area contributed by atoms with Gasteiger partial charge in [-0.15, -0.1) is 0 Å². The number of carboxylic acid groups (broad SMARTS) is 1. The molecule has 1 aromatic heterocycles. The van der Waals surface area contributed by atoms with Crippen molar-refractivity contribution in [2.24, 2.45) is 0 Å². The monoisotopic (exact) mass is 300 g/mol. The number of amides is 1. The maximum atomic E-state index is 11.8. The first-order chi connectivity index (χ1) is 8.99. The second-order valence-electron chi connectivity index (χ2n) is 3.40. The normalized spacial score (nSPS) is 10.2. The third-order valence-corrected chi connectivity index (χ3v) is 2.67. The van der Waals surface area contributed by atoms with Crippen molar-refractivity contribution in [2.45, 2.75) is 0 Å². The predicted octanol–water partition coefficient (Wildman–Crippen LogP) is 2.06. The summed E-state index contributed by atoms with van der Waals surface area (Å²) in [5.41, 5.74) is -0.273. The molecule has 2 aromatic rings. The van der Waals surface area contributed by atoms with Crippen LogP contribution >= 0.6 is 23.2 Å². The number of anilines is 1. The van der Waals surface area contributed by atoms with E-state index in [1.165, 1.54) is 12.1 Å². The Morgan fingerprint density at radius 1 is 1.32 bits per heavy atom. The first-order valence-electron chi connectivity index (χ1n) is 4.88. The fourth-order valence-corrected chi connectivity index (χ4v) is 1.90. The Bertz CT molecular complexity index is 642. The minimum absolute atomic E-state index is 0.0118. The van der Waals surface area contributed by atoms with Crippen LogP contribution in [0.4, 0.5) is 5.69 Å². The topological polar surface area (TPSA) is 108 Å². The fourth-order valence-electron chi connectivity index (χ4n) is 1.36. The van der Waals surface area contributed by atoms with Gasteiger partial charge in [0, 0.05) is 5.02 Å². The van der Waals surface area contributed by atoms with Crippen molar-refractivity contribution >= 4 is 40.8 Å².